The molecule has 6 nitrogen and oxygen atoms in total. The summed E-state index contributed by atoms with van der Waals surface area (Å²) in [6.45, 7) is 2.68. The molecule has 1 unspecified atom stereocenters. The fraction of sp³-hybridized carbons (Fsp3) is 0.533. The molecule has 1 atom stereocenters. The second kappa shape index (κ2) is 5.24. The van der Waals surface area contributed by atoms with Crippen LogP contribution < -0.4 is 4.74 Å². The van der Waals surface area contributed by atoms with E-state index < -0.39 is 15.4 Å². The van der Waals surface area contributed by atoms with Gasteiger partial charge in [-0.25, -0.2) is 8.42 Å². The summed E-state index contributed by atoms with van der Waals surface area (Å²) < 4.78 is 34.1. The quantitative estimate of drug-likeness (QED) is 0.796. The molecule has 0 saturated carbocycles. The molecule has 2 aliphatic heterocycles. The molecule has 1 fully saturated rings. The number of amides is 1. The molecule has 22 heavy (non-hydrogen) atoms. The lowest BCUT2D eigenvalue weighted by atomic mass is 10.1. The van der Waals surface area contributed by atoms with E-state index in [-0.39, 0.29) is 23.5 Å². The number of nitrogens with zero attached hydrogens (tertiary/aromatic N) is 1. The van der Waals surface area contributed by atoms with Crippen LogP contribution in [0.1, 0.15) is 12.5 Å². The number of ether oxygens (including phenoxy) is 2. The highest BCUT2D eigenvalue weighted by Crippen LogP contribution is 2.32. The molecule has 120 valence electrons. The van der Waals surface area contributed by atoms with Gasteiger partial charge in [-0.1, -0.05) is 18.2 Å². The van der Waals surface area contributed by atoms with Gasteiger partial charge in [0, 0.05) is 19.2 Å². The first-order chi connectivity index (χ1) is 10.4. The molecule has 0 bridgehead atoms. The van der Waals surface area contributed by atoms with Crippen LogP contribution >= 0.6 is 0 Å². The lowest BCUT2D eigenvalue weighted by Crippen LogP contribution is -2.65. The van der Waals surface area contributed by atoms with E-state index in [0.717, 1.165) is 11.3 Å². The summed E-state index contributed by atoms with van der Waals surface area (Å²) in [5, 5.41) is 0. The highest BCUT2D eigenvalue weighted by atomic mass is 32.2. The van der Waals surface area contributed by atoms with E-state index in [1.54, 1.807) is 4.90 Å². The lowest BCUT2D eigenvalue weighted by molar-refractivity contribution is -0.153. The zero-order valence-corrected chi connectivity index (χ0v) is 13.4. The molecule has 0 radical (unpaired) electrons. The van der Waals surface area contributed by atoms with Crippen LogP contribution in [0.4, 0.5) is 0 Å². The number of fused-ring (bicyclic) bond motifs is 1. The Balaban J connectivity index is 1.87. The Kier molecular flexibility index (Phi) is 3.65. The Bertz CT molecular complexity index is 688. The van der Waals surface area contributed by atoms with Gasteiger partial charge in [0.1, 0.15) is 11.9 Å². The van der Waals surface area contributed by atoms with Crippen molar-refractivity contribution < 1.29 is 22.7 Å². The van der Waals surface area contributed by atoms with Gasteiger partial charge in [0.2, 0.25) is 0 Å². The third-order valence-electron chi connectivity index (χ3n) is 4.11. The Morgan fingerprint density at radius 1 is 1.36 bits per heavy atom. The van der Waals surface area contributed by atoms with Crippen LogP contribution in [-0.2, 0) is 25.9 Å². The van der Waals surface area contributed by atoms with Crippen LogP contribution in [0.15, 0.2) is 24.3 Å². The van der Waals surface area contributed by atoms with Crippen LogP contribution in [0.5, 0.6) is 5.75 Å². The summed E-state index contributed by atoms with van der Waals surface area (Å²) in [7, 11) is -1.78. The Labute approximate surface area is 129 Å². The maximum Gasteiger partial charge on any atom is 0.257 e. The summed E-state index contributed by atoms with van der Waals surface area (Å²) in [6.07, 6.45) is -0.168. The zero-order valence-electron chi connectivity index (χ0n) is 12.6. The maximum atomic E-state index is 12.8. The van der Waals surface area contributed by atoms with Crippen LogP contribution in [-0.4, -0.2) is 56.1 Å². The van der Waals surface area contributed by atoms with Crippen molar-refractivity contribution in [2.24, 2.45) is 0 Å². The maximum absolute atomic E-state index is 12.8. The van der Waals surface area contributed by atoms with Crippen LogP contribution in [0.2, 0.25) is 0 Å². The molecule has 0 aromatic heterocycles. The van der Waals surface area contributed by atoms with Crippen molar-refractivity contribution in [3.63, 3.8) is 0 Å². The van der Waals surface area contributed by atoms with Gasteiger partial charge >= 0.3 is 0 Å². The van der Waals surface area contributed by atoms with E-state index >= 15 is 0 Å². The molecule has 1 saturated heterocycles. The van der Waals surface area contributed by atoms with E-state index in [4.69, 9.17) is 9.47 Å². The summed E-state index contributed by atoms with van der Waals surface area (Å²) in [5.41, 5.74) is -0.327. The van der Waals surface area contributed by atoms with Crippen molar-refractivity contribution in [3.05, 3.63) is 29.8 Å². The van der Waals surface area contributed by atoms with Crippen molar-refractivity contribution in [3.8, 4) is 5.75 Å². The number of hydrogen-bond donors (Lipinski definition) is 0. The molecular weight excluding hydrogens is 306 g/mol. The zero-order chi connectivity index (χ0) is 16.0. The van der Waals surface area contributed by atoms with E-state index in [1.807, 2.05) is 31.2 Å². The number of carbonyl (C=O) groups excluding carboxylic acids is 1. The second-order valence-corrected chi connectivity index (χ2v) is 8.02. The largest absolute Gasteiger partial charge is 0.489 e. The van der Waals surface area contributed by atoms with Gasteiger partial charge in [0.05, 0.1) is 18.1 Å². The average molecular weight is 325 g/mol. The second-order valence-electron chi connectivity index (χ2n) is 5.95. The van der Waals surface area contributed by atoms with Crippen molar-refractivity contribution in [1.29, 1.82) is 0 Å². The summed E-state index contributed by atoms with van der Waals surface area (Å²) in [4.78, 5) is 14.4. The minimum Gasteiger partial charge on any atom is -0.489 e. The first kappa shape index (κ1) is 15.3. The minimum absolute atomic E-state index is 0.168. The molecule has 1 amide bonds. The van der Waals surface area contributed by atoms with Crippen LogP contribution in [0.3, 0.4) is 0 Å². The molecule has 7 heteroatoms. The number of rotatable bonds is 2. The van der Waals surface area contributed by atoms with Crippen molar-refractivity contribution in [1.82, 2.24) is 4.90 Å². The molecule has 1 aromatic carbocycles. The van der Waals surface area contributed by atoms with E-state index in [2.05, 4.69) is 0 Å². The normalized spacial score (nSPS) is 25.4. The van der Waals surface area contributed by atoms with Crippen molar-refractivity contribution in [2.75, 3.05) is 25.2 Å². The Morgan fingerprint density at radius 3 is 2.68 bits per heavy atom. The van der Waals surface area contributed by atoms with Gasteiger partial charge in [0.25, 0.3) is 5.91 Å². The van der Waals surface area contributed by atoms with E-state index in [1.165, 1.54) is 7.11 Å². The van der Waals surface area contributed by atoms with Gasteiger partial charge in [-0.2, -0.15) is 0 Å². The fourth-order valence-electron chi connectivity index (χ4n) is 3.02. The molecule has 0 aliphatic carbocycles. The molecule has 0 N–H and O–H groups in total. The fourth-order valence-corrected chi connectivity index (χ4v) is 4.84. The van der Waals surface area contributed by atoms with Crippen LogP contribution in [0.25, 0.3) is 0 Å². The number of benzene rings is 1. The first-order valence-electron chi connectivity index (χ1n) is 7.15. The Hall–Kier alpha value is -1.60. The summed E-state index contributed by atoms with van der Waals surface area (Å²) in [6, 6.07) is 7.56. The topological polar surface area (TPSA) is 72.9 Å². The standard InChI is InChI=1S/C15H19NO5S/c1-11-7-16(8-12-5-3-4-6-13(12)21-11)14(17)15(20-2)9-22(18,19)10-15/h3-6,11H,7-10H2,1-2H3. The third-order valence-corrected chi connectivity index (χ3v) is 5.93. The highest BCUT2D eigenvalue weighted by Gasteiger charge is 2.56. The minimum atomic E-state index is -3.17. The highest BCUT2D eigenvalue weighted by molar-refractivity contribution is 7.93. The first-order valence-corrected chi connectivity index (χ1v) is 8.97. The average Bonchev–Trinajstić information content (AvgIpc) is 2.61. The number of methoxy groups -OCH3 is 1. The van der Waals surface area contributed by atoms with Gasteiger partial charge < -0.3 is 14.4 Å². The predicted octanol–water partition coefficient (Wildman–Crippen LogP) is 0.610. The van der Waals surface area contributed by atoms with E-state index in [0.29, 0.717) is 13.1 Å². The monoisotopic (exact) mass is 325 g/mol. The van der Waals surface area contributed by atoms with Gasteiger partial charge in [-0.15, -0.1) is 0 Å². The number of carbonyl (C=O) groups is 1. The van der Waals surface area contributed by atoms with Gasteiger partial charge in [0.15, 0.2) is 15.4 Å². The number of para-hydroxylation sites is 1. The molecule has 2 aliphatic rings. The molecule has 2 heterocycles. The number of sulfone groups is 1. The third kappa shape index (κ3) is 2.59. The number of hydrogen-bond acceptors (Lipinski definition) is 5. The molecule has 1 aromatic rings. The SMILES string of the molecule is COC1(C(=O)N2Cc3ccccc3OC(C)C2)CS(=O)(=O)C1. The molecule has 3 rings (SSSR count). The summed E-state index contributed by atoms with van der Waals surface area (Å²) >= 11 is 0. The smallest absolute Gasteiger partial charge is 0.257 e. The Morgan fingerprint density at radius 2 is 2.05 bits per heavy atom. The lowest BCUT2D eigenvalue weighted by Gasteiger charge is -2.41. The summed E-state index contributed by atoms with van der Waals surface area (Å²) in [5.74, 6) is -0.0131. The van der Waals surface area contributed by atoms with Crippen LogP contribution in [0, 0.1) is 0 Å². The predicted molar refractivity (Wildman–Crippen MR) is 80.3 cm³/mol. The molecule has 0 spiro atoms. The van der Waals surface area contributed by atoms with Crippen molar-refractivity contribution in [2.45, 2.75) is 25.2 Å². The van der Waals surface area contributed by atoms with Gasteiger partial charge in [-0.3, -0.25) is 4.79 Å². The molecular formula is C15H19NO5S. The van der Waals surface area contributed by atoms with E-state index in [9.17, 15) is 13.2 Å². The van der Waals surface area contributed by atoms with Gasteiger partial charge in [-0.05, 0) is 13.0 Å². The van der Waals surface area contributed by atoms with Crippen molar-refractivity contribution >= 4 is 15.7 Å².